The standard InChI is InChI=1S/C18H28N2/c1-3-13-20-15-18(11-7-8-12-18)19-14-17(20,2)16-9-5-4-6-10-16/h4-6,9-10,19H,3,7-8,11-15H2,1-2H3. The largest absolute Gasteiger partial charge is 0.308 e. The van der Waals surface area contributed by atoms with E-state index in [0.717, 1.165) is 6.54 Å². The van der Waals surface area contributed by atoms with Gasteiger partial charge in [-0.15, -0.1) is 0 Å². The first-order valence-corrected chi connectivity index (χ1v) is 8.24. The molecule has 2 heteroatoms. The fourth-order valence-corrected chi connectivity index (χ4v) is 4.13. The summed E-state index contributed by atoms with van der Waals surface area (Å²) in [5.74, 6) is 0. The highest BCUT2D eigenvalue weighted by atomic mass is 15.3. The average Bonchev–Trinajstić information content (AvgIpc) is 2.93. The molecule has 20 heavy (non-hydrogen) atoms. The van der Waals surface area contributed by atoms with Gasteiger partial charge in [0.15, 0.2) is 0 Å². The smallest absolute Gasteiger partial charge is 0.0558 e. The zero-order valence-corrected chi connectivity index (χ0v) is 13.0. The molecule has 2 fully saturated rings. The van der Waals surface area contributed by atoms with E-state index in [1.54, 1.807) is 0 Å². The number of nitrogens with zero attached hydrogens (tertiary/aromatic N) is 1. The van der Waals surface area contributed by atoms with Crippen molar-refractivity contribution in [2.45, 2.75) is 57.0 Å². The molecule has 110 valence electrons. The quantitative estimate of drug-likeness (QED) is 0.905. The molecule has 0 aromatic heterocycles. The van der Waals surface area contributed by atoms with Crippen LogP contribution in [0.2, 0.25) is 0 Å². The molecule has 1 unspecified atom stereocenters. The van der Waals surface area contributed by atoms with Crippen LogP contribution in [0.25, 0.3) is 0 Å². The number of nitrogens with one attached hydrogen (secondary N) is 1. The van der Waals surface area contributed by atoms with E-state index in [2.05, 4.69) is 54.4 Å². The fraction of sp³-hybridized carbons (Fsp3) is 0.667. The molecule has 0 amide bonds. The Kier molecular flexibility index (Phi) is 3.87. The van der Waals surface area contributed by atoms with Gasteiger partial charge in [0.05, 0.1) is 5.54 Å². The van der Waals surface area contributed by atoms with Gasteiger partial charge in [0.2, 0.25) is 0 Å². The maximum absolute atomic E-state index is 3.93. The van der Waals surface area contributed by atoms with E-state index in [9.17, 15) is 0 Å². The van der Waals surface area contributed by atoms with Gasteiger partial charge in [0, 0.05) is 18.6 Å². The van der Waals surface area contributed by atoms with Gasteiger partial charge in [-0.2, -0.15) is 0 Å². The molecule has 0 bridgehead atoms. The molecule has 3 rings (SSSR count). The van der Waals surface area contributed by atoms with Crippen molar-refractivity contribution in [3.63, 3.8) is 0 Å². The van der Waals surface area contributed by atoms with Crippen LogP contribution in [0.3, 0.4) is 0 Å². The highest BCUT2D eigenvalue weighted by molar-refractivity contribution is 5.26. The Balaban J connectivity index is 1.87. The fourth-order valence-electron chi connectivity index (χ4n) is 4.13. The summed E-state index contributed by atoms with van der Waals surface area (Å²) in [5, 5.41) is 3.93. The van der Waals surface area contributed by atoms with E-state index in [0.29, 0.717) is 5.54 Å². The summed E-state index contributed by atoms with van der Waals surface area (Å²) in [5.41, 5.74) is 2.00. The Hall–Kier alpha value is -0.860. The van der Waals surface area contributed by atoms with E-state index in [4.69, 9.17) is 0 Å². The predicted molar refractivity (Wildman–Crippen MR) is 84.9 cm³/mol. The monoisotopic (exact) mass is 272 g/mol. The van der Waals surface area contributed by atoms with Crippen molar-refractivity contribution in [1.82, 2.24) is 10.2 Å². The summed E-state index contributed by atoms with van der Waals surface area (Å²) in [6, 6.07) is 11.0. The van der Waals surface area contributed by atoms with Gasteiger partial charge in [-0.05, 0) is 38.3 Å². The molecule has 0 radical (unpaired) electrons. The molecule has 2 aliphatic rings. The number of piperazine rings is 1. The van der Waals surface area contributed by atoms with E-state index in [1.807, 2.05) is 0 Å². The first-order chi connectivity index (χ1) is 9.69. The minimum atomic E-state index is 0.144. The topological polar surface area (TPSA) is 15.3 Å². The predicted octanol–water partition coefficient (Wildman–Crippen LogP) is 3.53. The van der Waals surface area contributed by atoms with Crippen molar-refractivity contribution in [2.75, 3.05) is 19.6 Å². The second kappa shape index (κ2) is 5.50. The first kappa shape index (κ1) is 14.1. The number of hydrogen-bond acceptors (Lipinski definition) is 2. The van der Waals surface area contributed by atoms with Crippen LogP contribution in [0.5, 0.6) is 0 Å². The Bertz CT molecular complexity index is 436. The van der Waals surface area contributed by atoms with Crippen LogP contribution in [0, 0.1) is 0 Å². The van der Waals surface area contributed by atoms with E-state index in [1.165, 1.54) is 50.8 Å². The van der Waals surface area contributed by atoms with E-state index in [-0.39, 0.29) is 5.54 Å². The van der Waals surface area contributed by atoms with Gasteiger partial charge in [-0.25, -0.2) is 0 Å². The number of rotatable bonds is 3. The van der Waals surface area contributed by atoms with Crippen LogP contribution in [0.15, 0.2) is 30.3 Å². The third-order valence-electron chi connectivity index (χ3n) is 5.45. The summed E-state index contributed by atoms with van der Waals surface area (Å²) >= 11 is 0. The number of benzene rings is 1. The van der Waals surface area contributed by atoms with Crippen LogP contribution in [-0.4, -0.2) is 30.1 Å². The van der Waals surface area contributed by atoms with Crippen molar-refractivity contribution < 1.29 is 0 Å². The van der Waals surface area contributed by atoms with Crippen molar-refractivity contribution in [2.24, 2.45) is 0 Å². The maximum atomic E-state index is 3.93. The molecule has 1 saturated heterocycles. The average molecular weight is 272 g/mol. The lowest BCUT2D eigenvalue weighted by atomic mass is 9.82. The lowest BCUT2D eigenvalue weighted by Gasteiger charge is -2.53. The van der Waals surface area contributed by atoms with E-state index >= 15 is 0 Å². The molecule has 1 spiro atoms. The van der Waals surface area contributed by atoms with Crippen LogP contribution < -0.4 is 5.32 Å². The lowest BCUT2D eigenvalue weighted by Crippen LogP contribution is -2.66. The molecule has 1 atom stereocenters. The van der Waals surface area contributed by atoms with Crippen LogP contribution >= 0.6 is 0 Å². The van der Waals surface area contributed by atoms with Crippen LogP contribution in [0.4, 0.5) is 0 Å². The van der Waals surface area contributed by atoms with Gasteiger partial charge in [0.1, 0.15) is 0 Å². The van der Waals surface area contributed by atoms with Gasteiger partial charge >= 0.3 is 0 Å². The zero-order chi connectivity index (χ0) is 14.1. The van der Waals surface area contributed by atoms with Gasteiger partial charge < -0.3 is 5.32 Å². The number of hydrogen-bond donors (Lipinski definition) is 1. The van der Waals surface area contributed by atoms with Crippen molar-refractivity contribution in [3.05, 3.63) is 35.9 Å². The molecule has 1 aromatic carbocycles. The summed E-state index contributed by atoms with van der Waals surface area (Å²) in [6.07, 6.45) is 6.75. The Morgan fingerprint density at radius 3 is 2.50 bits per heavy atom. The van der Waals surface area contributed by atoms with Crippen LogP contribution in [0.1, 0.15) is 51.5 Å². The van der Waals surface area contributed by atoms with E-state index < -0.39 is 0 Å². The molecular weight excluding hydrogens is 244 g/mol. The summed E-state index contributed by atoms with van der Waals surface area (Å²) in [6.45, 7) is 8.21. The Labute approximate surface area is 123 Å². The highest BCUT2D eigenvalue weighted by Gasteiger charge is 2.46. The molecule has 1 aliphatic carbocycles. The summed E-state index contributed by atoms with van der Waals surface area (Å²) in [7, 11) is 0. The first-order valence-electron chi connectivity index (χ1n) is 8.24. The Morgan fingerprint density at radius 2 is 1.85 bits per heavy atom. The molecule has 1 saturated carbocycles. The summed E-state index contributed by atoms with van der Waals surface area (Å²) < 4.78 is 0. The molecular formula is C18H28N2. The lowest BCUT2D eigenvalue weighted by molar-refractivity contribution is 0.0141. The molecule has 1 aromatic rings. The van der Waals surface area contributed by atoms with Crippen molar-refractivity contribution in [1.29, 1.82) is 0 Å². The van der Waals surface area contributed by atoms with Crippen LogP contribution in [-0.2, 0) is 5.54 Å². The van der Waals surface area contributed by atoms with Gasteiger partial charge in [-0.3, -0.25) is 4.90 Å². The molecule has 1 heterocycles. The maximum Gasteiger partial charge on any atom is 0.0558 e. The minimum Gasteiger partial charge on any atom is -0.308 e. The third kappa shape index (κ3) is 2.40. The van der Waals surface area contributed by atoms with Crippen molar-refractivity contribution in [3.8, 4) is 0 Å². The normalized spacial score (nSPS) is 29.9. The molecule has 1 aliphatic heterocycles. The second-order valence-corrected chi connectivity index (χ2v) is 6.90. The SMILES string of the molecule is CCCN1CC2(CCCC2)NCC1(C)c1ccccc1. The third-order valence-corrected chi connectivity index (χ3v) is 5.45. The Morgan fingerprint density at radius 1 is 1.15 bits per heavy atom. The van der Waals surface area contributed by atoms with Gasteiger partial charge in [-0.1, -0.05) is 50.1 Å². The molecule has 2 nitrogen and oxygen atoms in total. The summed E-state index contributed by atoms with van der Waals surface area (Å²) in [4.78, 5) is 2.74. The minimum absolute atomic E-state index is 0.144. The highest BCUT2D eigenvalue weighted by Crippen LogP contribution is 2.39. The zero-order valence-electron chi connectivity index (χ0n) is 13.0. The second-order valence-electron chi connectivity index (χ2n) is 6.90. The van der Waals surface area contributed by atoms with Gasteiger partial charge in [0.25, 0.3) is 0 Å². The van der Waals surface area contributed by atoms with Crippen molar-refractivity contribution >= 4 is 0 Å². The molecule has 1 N–H and O–H groups in total.